The van der Waals surface area contributed by atoms with Crippen LogP contribution in [0.15, 0.2) is 30.3 Å². The van der Waals surface area contributed by atoms with Crippen LogP contribution in [0.4, 0.5) is 22.0 Å². The summed E-state index contributed by atoms with van der Waals surface area (Å²) in [5, 5.41) is 3.05. The first-order valence-electron chi connectivity index (χ1n) is 7.65. The Morgan fingerprint density at radius 1 is 1.16 bits per heavy atom. The first kappa shape index (κ1) is 17.6. The maximum atomic E-state index is 13.3. The van der Waals surface area contributed by atoms with Crippen molar-refractivity contribution in [3.05, 3.63) is 58.3 Å². The van der Waals surface area contributed by atoms with Gasteiger partial charge in [0.1, 0.15) is 12.2 Å². The van der Waals surface area contributed by atoms with Crippen LogP contribution in [0.3, 0.4) is 0 Å². The Hall–Kier alpha value is -2.22. The summed E-state index contributed by atoms with van der Waals surface area (Å²) >= 11 is 0. The predicted octanol–water partition coefficient (Wildman–Crippen LogP) is 4.26. The minimum atomic E-state index is -4.58. The molecule has 3 nitrogen and oxygen atoms in total. The van der Waals surface area contributed by atoms with E-state index in [1.807, 2.05) is 0 Å². The van der Waals surface area contributed by atoms with Crippen LogP contribution in [-0.2, 0) is 25.7 Å². The monoisotopic (exact) mass is 358 g/mol. The number of benzene rings is 1. The van der Waals surface area contributed by atoms with Crippen LogP contribution in [-0.4, -0.2) is 11.5 Å². The molecule has 0 saturated heterocycles. The van der Waals surface area contributed by atoms with Crippen molar-refractivity contribution < 1.29 is 26.7 Å². The van der Waals surface area contributed by atoms with Gasteiger partial charge in [-0.15, -0.1) is 0 Å². The highest BCUT2D eigenvalue weighted by molar-refractivity contribution is 5.38. The number of nitrogens with zero attached hydrogens (tertiary/aromatic N) is 1. The minimum absolute atomic E-state index is 0.155. The number of alkyl halides is 5. The van der Waals surface area contributed by atoms with Crippen LogP contribution in [0.1, 0.15) is 34.4 Å². The van der Waals surface area contributed by atoms with E-state index in [1.54, 1.807) is 0 Å². The van der Waals surface area contributed by atoms with Gasteiger partial charge in [0.2, 0.25) is 5.88 Å². The van der Waals surface area contributed by atoms with Gasteiger partial charge < -0.3 is 10.1 Å². The van der Waals surface area contributed by atoms with E-state index in [2.05, 4.69) is 10.3 Å². The van der Waals surface area contributed by atoms with Crippen molar-refractivity contribution >= 4 is 0 Å². The molecule has 1 aliphatic rings. The van der Waals surface area contributed by atoms with Crippen molar-refractivity contribution in [3.63, 3.8) is 0 Å². The fourth-order valence-electron chi connectivity index (χ4n) is 2.60. The third-order valence-corrected chi connectivity index (χ3v) is 3.93. The lowest BCUT2D eigenvalue weighted by atomic mass is 10.0. The second-order valence-corrected chi connectivity index (χ2v) is 5.70. The van der Waals surface area contributed by atoms with E-state index in [-0.39, 0.29) is 12.2 Å². The first-order chi connectivity index (χ1) is 11.8. The standard InChI is InChI=1S/C17H15F5N2O/c18-15(19)11-3-1-10(2-4-11)9-25-16-13(17(20,21)22)7-12-5-6-23-8-14(12)24-16/h1-4,7,15,23H,5-6,8-9H2. The Morgan fingerprint density at radius 3 is 2.52 bits per heavy atom. The van der Waals surface area contributed by atoms with Gasteiger partial charge in [0.25, 0.3) is 6.43 Å². The highest BCUT2D eigenvalue weighted by Crippen LogP contribution is 2.37. The van der Waals surface area contributed by atoms with Crippen LogP contribution in [0.5, 0.6) is 5.88 Å². The topological polar surface area (TPSA) is 34.1 Å². The number of ether oxygens (including phenoxy) is 1. The number of halogens is 5. The fraction of sp³-hybridized carbons (Fsp3) is 0.353. The van der Waals surface area contributed by atoms with Crippen LogP contribution in [0.2, 0.25) is 0 Å². The molecule has 1 aromatic carbocycles. The molecular formula is C17H15F5N2O. The summed E-state index contributed by atoms with van der Waals surface area (Å²) in [7, 11) is 0. The van der Waals surface area contributed by atoms with E-state index in [9.17, 15) is 22.0 Å². The molecule has 1 aliphatic heterocycles. The molecule has 2 aromatic rings. The van der Waals surface area contributed by atoms with Crippen LogP contribution < -0.4 is 10.1 Å². The van der Waals surface area contributed by atoms with E-state index in [0.717, 1.165) is 6.07 Å². The third kappa shape index (κ3) is 4.07. The molecule has 8 heteroatoms. The molecule has 0 spiro atoms. The molecule has 0 aliphatic carbocycles. The lowest BCUT2D eigenvalue weighted by Crippen LogP contribution is -2.26. The van der Waals surface area contributed by atoms with Gasteiger partial charge in [-0.25, -0.2) is 13.8 Å². The maximum absolute atomic E-state index is 13.3. The van der Waals surface area contributed by atoms with Crippen molar-refractivity contribution in [3.8, 4) is 5.88 Å². The average molecular weight is 358 g/mol. The number of hydrogen-bond donors (Lipinski definition) is 1. The number of rotatable bonds is 4. The fourth-order valence-corrected chi connectivity index (χ4v) is 2.60. The van der Waals surface area contributed by atoms with Gasteiger partial charge in [0, 0.05) is 12.1 Å². The first-order valence-corrected chi connectivity index (χ1v) is 7.65. The summed E-state index contributed by atoms with van der Waals surface area (Å²) in [6, 6.07) is 6.32. The van der Waals surface area contributed by atoms with E-state index in [4.69, 9.17) is 4.74 Å². The predicted molar refractivity (Wildman–Crippen MR) is 80.4 cm³/mol. The smallest absolute Gasteiger partial charge is 0.421 e. The summed E-state index contributed by atoms with van der Waals surface area (Å²) in [6.45, 7) is 0.793. The molecule has 0 amide bonds. The third-order valence-electron chi connectivity index (χ3n) is 3.93. The minimum Gasteiger partial charge on any atom is -0.472 e. The Kier molecular flexibility index (Phi) is 4.89. The molecule has 0 unspecified atom stereocenters. The van der Waals surface area contributed by atoms with Crippen LogP contribution >= 0.6 is 0 Å². The van der Waals surface area contributed by atoms with Gasteiger partial charge in [-0.05, 0) is 30.2 Å². The average Bonchev–Trinajstić information content (AvgIpc) is 2.58. The van der Waals surface area contributed by atoms with Gasteiger partial charge in [0.05, 0.1) is 5.69 Å². The Balaban J connectivity index is 1.83. The van der Waals surface area contributed by atoms with Gasteiger partial charge in [-0.1, -0.05) is 24.3 Å². The SMILES string of the molecule is FC(F)c1ccc(COc2nc3c(cc2C(F)(F)F)CCNC3)cc1. The van der Waals surface area contributed by atoms with Crippen molar-refractivity contribution in [2.45, 2.75) is 32.2 Å². The zero-order valence-corrected chi connectivity index (χ0v) is 13.0. The van der Waals surface area contributed by atoms with E-state index >= 15 is 0 Å². The summed E-state index contributed by atoms with van der Waals surface area (Å²) in [4.78, 5) is 4.02. The Labute approximate surface area is 140 Å². The largest absolute Gasteiger partial charge is 0.472 e. The molecule has 134 valence electrons. The van der Waals surface area contributed by atoms with E-state index in [0.29, 0.717) is 36.3 Å². The second kappa shape index (κ2) is 6.95. The van der Waals surface area contributed by atoms with Crippen LogP contribution in [0, 0.1) is 0 Å². The van der Waals surface area contributed by atoms with Gasteiger partial charge >= 0.3 is 6.18 Å². The number of pyridine rings is 1. The lowest BCUT2D eigenvalue weighted by molar-refractivity contribution is -0.139. The summed E-state index contributed by atoms with van der Waals surface area (Å²) < 4.78 is 70.1. The van der Waals surface area contributed by atoms with Gasteiger partial charge in [0.15, 0.2) is 0 Å². The molecular weight excluding hydrogens is 343 g/mol. The molecule has 3 rings (SSSR count). The molecule has 0 radical (unpaired) electrons. The summed E-state index contributed by atoms with van der Waals surface area (Å²) in [6.07, 6.45) is -6.70. The highest BCUT2D eigenvalue weighted by atomic mass is 19.4. The molecule has 0 atom stereocenters. The molecule has 0 fully saturated rings. The van der Waals surface area contributed by atoms with Crippen molar-refractivity contribution in [1.29, 1.82) is 0 Å². The molecule has 2 heterocycles. The zero-order chi connectivity index (χ0) is 18.0. The Morgan fingerprint density at radius 2 is 1.88 bits per heavy atom. The zero-order valence-electron chi connectivity index (χ0n) is 13.0. The van der Waals surface area contributed by atoms with E-state index < -0.39 is 24.0 Å². The van der Waals surface area contributed by atoms with Crippen molar-refractivity contribution in [1.82, 2.24) is 10.3 Å². The van der Waals surface area contributed by atoms with E-state index in [1.165, 1.54) is 24.3 Å². The summed E-state index contributed by atoms with van der Waals surface area (Å²) in [5.74, 6) is -0.493. The van der Waals surface area contributed by atoms with Gasteiger partial charge in [-0.3, -0.25) is 0 Å². The lowest BCUT2D eigenvalue weighted by Gasteiger charge is -2.20. The molecule has 1 aromatic heterocycles. The quantitative estimate of drug-likeness (QED) is 0.829. The number of fused-ring (bicyclic) bond motifs is 1. The Bertz CT molecular complexity index is 744. The number of nitrogens with one attached hydrogen (secondary N) is 1. The second-order valence-electron chi connectivity index (χ2n) is 5.70. The maximum Gasteiger partial charge on any atom is 0.421 e. The van der Waals surface area contributed by atoms with Crippen molar-refractivity contribution in [2.75, 3.05) is 6.54 Å². The molecule has 25 heavy (non-hydrogen) atoms. The normalized spacial score (nSPS) is 14.5. The molecule has 1 N–H and O–H groups in total. The van der Waals surface area contributed by atoms with Gasteiger partial charge in [-0.2, -0.15) is 13.2 Å². The van der Waals surface area contributed by atoms with Crippen LogP contribution in [0.25, 0.3) is 0 Å². The number of hydrogen-bond acceptors (Lipinski definition) is 3. The summed E-state index contributed by atoms with van der Waals surface area (Å²) in [5.41, 5.74) is 0.493. The molecule has 0 saturated carbocycles. The molecule has 0 bridgehead atoms. The highest BCUT2D eigenvalue weighted by Gasteiger charge is 2.36. The van der Waals surface area contributed by atoms with Crippen molar-refractivity contribution in [2.24, 2.45) is 0 Å². The number of aromatic nitrogens is 1.